The van der Waals surface area contributed by atoms with Crippen molar-refractivity contribution in [1.29, 1.82) is 0 Å². The van der Waals surface area contributed by atoms with Crippen molar-refractivity contribution in [1.82, 2.24) is 0 Å². The summed E-state index contributed by atoms with van der Waals surface area (Å²) < 4.78 is 0. The molecule has 1 atom stereocenters. The number of nitrogens with zero attached hydrogens (tertiary/aromatic N) is 2. The van der Waals surface area contributed by atoms with Crippen LogP contribution in [0.1, 0.15) is 18.9 Å². The van der Waals surface area contributed by atoms with Gasteiger partial charge in [-0.1, -0.05) is 67.6 Å². The van der Waals surface area contributed by atoms with E-state index in [1.807, 2.05) is 0 Å². The highest BCUT2D eigenvalue weighted by Gasteiger charge is 2.17. The highest BCUT2D eigenvalue weighted by Crippen LogP contribution is 2.38. The number of benzene rings is 4. The van der Waals surface area contributed by atoms with Crippen LogP contribution in [0.3, 0.4) is 0 Å². The van der Waals surface area contributed by atoms with Crippen LogP contribution in [-0.2, 0) is 0 Å². The maximum atomic E-state index is 2.37. The van der Waals surface area contributed by atoms with Gasteiger partial charge in [-0.05, 0) is 91.6 Å². The lowest BCUT2D eigenvalue weighted by atomic mass is 10.00. The topological polar surface area (TPSA) is 6.48 Å². The first kappa shape index (κ1) is 21.8. The van der Waals surface area contributed by atoms with E-state index in [-0.39, 0.29) is 0 Å². The summed E-state index contributed by atoms with van der Waals surface area (Å²) in [5.41, 5.74) is 8.22. The van der Waals surface area contributed by atoms with E-state index in [9.17, 15) is 0 Å². The summed E-state index contributed by atoms with van der Waals surface area (Å²) in [6, 6.07) is 38.7. The zero-order chi connectivity index (χ0) is 23.3. The number of hydrogen-bond donors (Lipinski definition) is 0. The number of para-hydroxylation sites is 2. The van der Waals surface area contributed by atoms with Crippen molar-refractivity contribution in [2.45, 2.75) is 20.3 Å². The SMILES string of the molecule is Cc1cccc(N(c2ccccc2)c2ccc(N(C3=CC(C)CC=C3)c3ccccc3)cc2)c1. The fourth-order valence-electron chi connectivity index (χ4n) is 4.53. The molecule has 2 nitrogen and oxygen atoms in total. The van der Waals surface area contributed by atoms with Gasteiger partial charge in [0.1, 0.15) is 0 Å². The van der Waals surface area contributed by atoms with E-state index in [1.165, 1.54) is 16.9 Å². The van der Waals surface area contributed by atoms with E-state index in [4.69, 9.17) is 0 Å². The molecule has 168 valence electrons. The molecule has 2 heteroatoms. The average molecular weight is 443 g/mol. The van der Waals surface area contributed by atoms with Gasteiger partial charge in [-0.3, -0.25) is 0 Å². The molecule has 0 saturated heterocycles. The lowest BCUT2D eigenvalue weighted by Crippen LogP contribution is -2.17. The summed E-state index contributed by atoms with van der Waals surface area (Å²) in [6.07, 6.45) is 7.97. The van der Waals surface area contributed by atoms with Gasteiger partial charge in [0.15, 0.2) is 0 Å². The second-order valence-electron chi connectivity index (χ2n) is 8.90. The second-order valence-corrected chi connectivity index (χ2v) is 8.90. The highest BCUT2D eigenvalue weighted by atomic mass is 15.2. The molecule has 0 aliphatic heterocycles. The molecule has 4 aromatic carbocycles. The molecule has 0 fully saturated rings. The molecule has 0 amide bonds. The minimum absolute atomic E-state index is 0.528. The first-order valence-electron chi connectivity index (χ1n) is 11.9. The third kappa shape index (κ3) is 4.67. The zero-order valence-corrected chi connectivity index (χ0v) is 19.8. The Hall–Kier alpha value is -4.04. The van der Waals surface area contributed by atoms with Crippen molar-refractivity contribution in [3.63, 3.8) is 0 Å². The maximum absolute atomic E-state index is 2.37. The maximum Gasteiger partial charge on any atom is 0.0464 e. The summed E-state index contributed by atoms with van der Waals surface area (Å²) in [5, 5.41) is 0. The molecule has 1 aliphatic carbocycles. The normalized spacial score (nSPS) is 15.0. The Bertz CT molecular complexity index is 1290. The van der Waals surface area contributed by atoms with Gasteiger partial charge in [-0.25, -0.2) is 0 Å². The Morgan fingerprint density at radius 3 is 1.71 bits per heavy atom. The molecule has 1 aliphatic rings. The second kappa shape index (κ2) is 9.84. The molecule has 5 rings (SSSR count). The molecule has 0 spiro atoms. The van der Waals surface area contributed by atoms with E-state index < -0.39 is 0 Å². The molecule has 0 radical (unpaired) electrons. The molecule has 0 aromatic heterocycles. The smallest absolute Gasteiger partial charge is 0.0464 e. The van der Waals surface area contributed by atoms with Crippen LogP contribution >= 0.6 is 0 Å². The molecule has 0 N–H and O–H groups in total. The molecule has 0 saturated carbocycles. The first-order valence-corrected chi connectivity index (χ1v) is 11.9. The van der Waals surface area contributed by atoms with Crippen molar-refractivity contribution >= 4 is 28.4 Å². The lowest BCUT2D eigenvalue weighted by Gasteiger charge is -2.30. The van der Waals surface area contributed by atoms with Crippen molar-refractivity contribution in [3.05, 3.63) is 139 Å². The molecule has 34 heavy (non-hydrogen) atoms. The van der Waals surface area contributed by atoms with Crippen LogP contribution in [0, 0.1) is 12.8 Å². The molecule has 4 aromatic rings. The summed E-state index contributed by atoms with van der Waals surface area (Å²) in [6.45, 7) is 4.41. The van der Waals surface area contributed by atoms with Gasteiger partial charge in [0.05, 0.1) is 0 Å². The quantitative estimate of drug-likeness (QED) is 0.294. The van der Waals surface area contributed by atoms with Crippen molar-refractivity contribution in [2.75, 3.05) is 9.80 Å². The number of allylic oxidation sites excluding steroid dienone is 3. The van der Waals surface area contributed by atoms with Gasteiger partial charge in [0.2, 0.25) is 0 Å². The standard InChI is InChI=1S/C32H30N2/c1-25-11-9-17-31(23-25)33(27-13-5-3-6-14-27)29-19-21-30(22-20-29)34(28-15-7-4-8-16-28)32-18-10-12-26(2)24-32/h3-11,13-24,26H,12H2,1-2H3. The minimum atomic E-state index is 0.528. The van der Waals surface area contributed by atoms with Crippen LogP contribution in [0.4, 0.5) is 28.4 Å². The van der Waals surface area contributed by atoms with Crippen molar-refractivity contribution in [2.24, 2.45) is 5.92 Å². The Kier molecular flexibility index (Phi) is 6.31. The highest BCUT2D eigenvalue weighted by molar-refractivity contribution is 5.79. The van der Waals surface area contributed by atoms with Crippen LogP contribution in [-0.4, -0.2) is 0 Å². The summed E-state index contributed by atoms with van der Waals surface area (Å²) >= 11 is 0. The van der Waals surface area contributed by atoms with Gasteiger partial charge < -0.3 is 9.80 Å². The van der Waals surface area contributed by atoms with Crippen LogP contribution in [0.2, 0.25) is 0 Å². The van der Waals surface area contributed by atoms with Gasteiger partial charge in [-0.2, -0.15) is 0 Å². The molecular weight excluding hydrogens is 412 g/mol. The number of hydrogen-bond acceptors (Lipinski definition) is 2. The van der Waals surface area contributed by atoms with Gasteiger partial charge in [0.25, 0.3) is 0 Å². The Morgan fingerprint density at radius 2 is 1.12 bits per heavy atom. The van der Waals surface area contributed by atoms with Crippen LogP contribution in [0.5, 0.6) is 0 Å². The zero-order valence-electron chi connectivity index (χ0n) is 19.8. The molecule has 1 unspecified atom stereocenters. The van der Waals surface area contributed by atoms with E-state index >= 15 is 0 Å². The first-order chi connectivity index (χ1) is 16.7. The average Bonchev–Trinajstić information content (AvgIpc) is 2.87. The molecule has 0 heterocycles. The number of aryl methyl sites for hydroxylation is 1. The summed E-state index contributed by atoms with van der Waals surface area (Å²) in [4.78, 5) is 4.65. The van der Waals surface area contributed by atoms with E-state index in [0.717, 1.165) is 29.2 Å². The van der Waals surface area contributed by atoms with Crippen molar-refractivity contribution in [3.8, 4) is 0 Å². The third-order valence-electron chi connectivity index (χ3n) is 6.16. The Balaban J connectivity index is 1.57. The Labute approximate surface area is 203 Å². The fourth-order valence-corrected chi connectivity index (χ4v) is 4.53. The predicted octanol–water partition coefficient (Wildman–Crippen LogP) is 9.08. The van der Waals surface area contributed by atoms with E-state index in [2.05, 4.69) is 151 Å². The van der Waals surface area contributed by atoms with Crippen LogP contribution < -0.4 is 9.80 Å². The van der Waals surface area contributed by atoms with Gasteiger partial charge in [0, 0.05) is 34.1 Å². The number of anilines is 5. The predicted molar refractivity (Wildman–Crippen MR) is 145 cm³/mol. The molecule has 0 bridgehead atoms. The lowest BCUT2D eigenvalue weighted by molar-refractivity contribution is 0.726. The van der Waals surface area contributed by atoms with Gasteiger partial charge >= 0.3 is 0 Å². The molecular formula is C32H30N2. The van der Waals surface area contributed by atoms with Crippen molar-refractivity contribution < 1.29 is 0 Å². The monoisotopic (exact) mass is 442 g/mol. The third-order valence-corrected chi connectivity index (χ3v) is 6.16. The summed E-state index contributed by atoms with van der Waals surface area (Å²) in [7, 11) is 0. The Morgan fingerprint density at radius 1 is 0.588 bits per heavy atom. The van der Waals surface area contributed by atoms with Crippen LogP contribution in [0.25, 0.3) is 0 Å². The minimum Gasteiger partial charge on any atom is -0.311 e. The fraction of sp³-hybridized carbons (Fsp3) is 0.125. The van der Waals surface area contributed by atoms with E-state index in [1.54, 1.807) is 0 Å². The van der Waals surface area contributed by atoms with Gasteiger partial charge in [-0.15, -0.1) is 0 Å². The largest absolute Gasteiger partial charge is 0.311 e. The van der Waals surface area contributed by atoms with Crippen LogP contribution in [0.15, 0.2) is 133 Å². The summed E-state index contributed by atoms with van der Waals surface area (Å²) in [5.74, 6) is 0.528. The number of rotatable bonds is 6. The van der Waals surface area contributed by atoms with E-state index in [0.29, 0.717) is 5.92 Å².